The van der Waals surface area contributed by atoms with Crippen molar-refractivity contribution in [2.24, 2.45) is 0 Å². The SMILES string of the molecule is CCCc1nc(C)c2c(=O)[nH]c(-c3cc(S(=O)(=O)N(CCC)CCO)ccc3O)nn12. The molecule has 0 atom stereocenters. The van der Waals surface area contributed by atoms with Gasteiger partial charge in [-0.3, -0.25) is 4.79 Å². The molecule has 2 aromatic heterocycles. The monoisotopic (exact) mass is 449 g/mol. The largest absolute Gasteiger partial charge is 0.507 e. The molecule has 0 aliphatic heterocycles. The number of imidazole rings is 1. The molecule has 31 heavy (non-hydrogen) atoms. The molecule has 0 aliphatic rings. The van der Waals surface area contributed by atoms with E-state index in [9.17, 15) is 23.4 Å². The van der Waals surface area contributed by atoms with Crippen LogP contribution in [-0.2, 0) is 16.4 Å². The van der Waals surface area contributed by atoms with E-state index >= 15 is 0 Å². The molecule has 3 aromatic rings. The second-order valence-electron chi connectivity index (χ2n) is 7.23. The summed E-state index contributed by atoms with van der Waals surface area (Å²) in [6.07, 6.45) is 1.99. The highest BCUT2D eigenvalue weighted by Gasteiger charge is 2.25. The Hall–Kier alpha value is -2.76. The lowest BCUT2D eigenvalue weighted by atomic mass is 10.2. The number of benzene rings is 1. The van der Waals surface area contributed by atoms with E-state index in [1.54, 1.807) is 6.92 Å². The van der Waals surface area contributed by atoms with Gasteiger partial charge in [-0.25, -0.2) is 17.9 Å². The number of sulfonamides is 1. The maximum Gasteiger partial charge on any atom is 0.277 e. The molecule has 3 rings (SSSR count). The summed E-state index contributed by atoms with van der Waals surface area (Å²) in [5, 5.41) is 24.1. The molecular formula is C20H27N5O5S. The van der Waals surface area contributed by atoms with E-state index in [1.165, 1.54) is 27.0 Å². The number of aromatic hydroxyl groups is 1. The number of phenolic OH excluding ortho intramolecular Hbond substituents is 1. The van der Waals surface area contributed by atoms with Crippen molar-refractivity contribution in [2.75, 3.05) is 19.7 Å². The third-order valence-corrected chi connectivity index (χ3v) is 6.79. The summed E-state index contributed by atoms with van der Waals surface area (Å²) in [5.41, 5.74) is 0.503. The van der Waals surface area contributed by atoms with Crippen LogP contribution in [-0.4, -0.2) is 62.2 Å². The van der Waals surface area contributed by atoms with Crippen molar-refractivity contribution in [1.29, 1.82) is 0 Å². The van der Waals surface area contributed by atoms with Gasteiger partial charge in [-0.2, -0.15) is 4.31 Å². The van der Waals surface area contributed by atoms with Gasteiger partial charge in [0.1, 0.15) is 11.6 Å². The highest BCUT2D eigenvalue weighted by Crippen LogP contribution is 2.30. The number of aromatic nitrogens is 4. The first-order valence-electron chi connectivity index (χ1n) is 10.2. The van der Waals surface area contributed by atoms with Gasteiger partial charge < -0.3 is 15.2 Å². The number of hydrogen-bond acceptors (Lipinski definition) is 7. The van der Waals surface area contributed by atoms with Crippen LogP contribution < -0.4 is 5.56 Å². The van der Waals surface area contributed by atoms with Crippen LogP contribution in [0, 0.1) is 6.92 Å². The number of H-pyrrole nitrogens is 1. The predicted molar refractivity (Wildman–Crippen MR) is 116 cm³/mol. The number of phenols is 1. The number of hydrogen-bond donors (Lipinski definition) is 3. The van der Waals surface area contributed by atoms with Crippen LogP contribution in [0.2, 0.25) is 0 Å². The summed E-state index contributed by atoms with van der Waals surface area (Å²) in [6, 6.07) is 3.81. The Morgan fingerprint density at radius 3 is 2.58 bits per heavy atom. The molecule has 10 nitrogen and oxygen atoms in total. The van der Waals surface area contributed by atoms with Crippen LogP contribution in [0.5, 0.6) is 5.75 Å². The van der Waals surface area contributed by atoms with Crippen molar-refractivity contribution in [1.82, 2.24) is 23.9 Å². The maximum atomic E-state index is 13.1. The molecule has 0 bridgehead atoms. The van der Waals surface area contributed by atoms with Gasteiger partial charge in [0.05, 0.1) is 22.8 Å². The standard InChI is InChI=1S/C20H27N5O5S/c1-4-6-17-21-13(3)18-20(28)22-19(23-25(17)18)15-12-14(7-8-16(15)27)31(29,30)24(9-5-2)10-11-26/h7-8,12,26-27H,4-6,9-11H2,1-3H3,(H,22,23,28). The molecular weight excluding hydrogens is 422 g/mol. The number of nitrogens with one attached hydrogen (secondary N) is 1. The average Bonchev–Trinajstić information content (AvgIpc) is 3.04. The quantitative estimate of drug-likeness (QED) is 0.449. The lowest BCUT2D eigenvalue weighted by Gasteiger charge is -2.21. The van der Waals surface area contributed by atoms with Gasteiger partial charge >= 0.3 is 0 Å². The van der Waals surface area contributed by atoms with E-state index in [-0.39, 0.29) is 41.7 Å². The maximum absolute atomic E-state index is 13.1. The Labute approximate surface area is 180 Å². The summed E-state index contributed by atoms with van der Waals surface area (Å²) >= 11 is 0. The van der Waals surface area contributed by atoms with E-state index in [0.29, 0.717) is 29.9 Å². The molecule has 0 radical (unpaired) electrons. The molecule has 168 valence electrons. The van der Waals surface area contributed by atoms with Gasteiger partial charge in [0, 0.05) is 19.5 Å². The molecule has 1 aromatic carbocycles. The zero-order valence-corrected chi connectivity index (χ0v) is 18.6. The normalized spacial score (nSPS) is 12.2. The molecule has 0 saturated carbocycles. The predicted octanol–water partition coefficient (Wildman–Crippen LogP) is 1.44. The minimum atomic E-state index is -3.91. The minimum absolute atomic E-state index is 0.0333. The summed E-state index contributed by atoms with van der Waals surface area (Å²) in [5.74, 6) is 0.424. The van der Waals surface area contributed by atoms with Crippen molar-refractivity contribution < 1.29 is 18.6 Å². The number of fused-ring (bicyclic) bond motifs is 1. The minimum Gasteiger partial charge on any atom is -0.507 e. The third kappa shape index (κ3) is 4.34. The second-order valence-corrected chi connectivity index (χ2v) is 9.17. The van der Waals surface area contributed by atoms with Crippen LogP contribution in [0.4, 0.5) is 0 Å². The first kappa shape index (κ1) is 22.9. The molecule has 0 saturated heterocycles. The van der Waals surface area contributed by atoms with E-state index in [1.807, 2.05) is 13.8 Å². The van der Waals surface area contributed by atoms with E-state index < -0.39 is 15.6 Å². The van der Waals surface area contributed by atoms with Gasteiger partial charge in [0.2, 0.25) is 10.0 Å². The molecule has 0 spiro atoms. The van der Waals surface area contributed by atoms with Crippen LogP contribution in [0.25, 0.3) is 16.9 Å². The van der Waals surface area contributed by atoms with Crippen LogP contribution in [0.1, 0.15) is 38.2 Å². The highest BCUT2D eigenvalue weighted by molar-refractivity contribution is 7.89. The number of aliphatic hydroxyl groups is 1. The lowest BCUT2D eigenvalue weighted by Crippen LogP contribution is -2.34. The van der Waals surface area contributed by atoms with Crippen molar-refractivity contribution in [3.8, 4) is 17.1 Å². The zero-order valence-electron chi connectivity index (χ0n) is 17.8. The summed E-state index contributed by atoms with van der Waals surface area (Å²) < 4.78 is 28.7. The Balaban J connectivity index is 2.17. The molecule has 3 N–H and O–H groups in total. The average molecular weight is 450 g/mol. The Morgan fingerprint density at radius 2 is 1.94 bits per heavy atom. The fourth-order valence-electron chi connectivity index (χ4n) is 3.47. The van der Waals surface area contributed by atoms with Crippen molar-refractivity contribution in [2.45, 2.75) is 44.9 Å². The number of nitrogens with zero attached hydrogens (tertiary/aromatic N) is 4. The smallest absolute Gasteiger partial charge is 0.277 e. The first-order valence-corrected chi connectivity index (χ1v) is 11.6. The fraction of sp³-hybridized carbons (Fsp3) is 0.450. The van der Waals surface area contributed by atoms with Crippen LogP contribution >= 0.6 is 0 Å². The summed E-state index contributed by atoms with van der Waals surface area (Å²) in [4.78, 5) is 19.7. The second kappa shape index (κ2) is 9.16. The molecule has 0 unspecified atom stereocenters. The van der Waals surface area contributed by atoms with Crippen molar-refractivity contribution >= 4 is 15.5 Å². The van der Waals surface area contributed by atoms with Crippen molar-refractivity contribution in [3.05, 3.63) is 40.1 Å². The molecule has 11 heteroatoms. The van der Waals surface area contributed by atoms with E-state index in [2.05, 4.69) is 15.1 Å². The molecule has 0 amide bonds. The van der Waals surface area contributed by atoms with Gasteiger partial charge in [0.15, 0.2) is 11.3 Å². The van der Waals surface area contributed by atoms with Crippen molar-refractivity contribution in [3.63, 3.8) is 0 Å². The Morgan fingerprint density at radius 1 is 1.19 bits per heavy atom. The summed E-state index contributed by atoms with van der Waals surface area (Å²) in [6.45, 7) is 5.44. The fourth-order valence-corrected chi connectivity index (χ4v) is 5.02. The van der Waals surface area contributed by atoms with Gasteiger partial charge in [-0.05, 0) is 38.0 Å². The molecule has 0 aliphatic carbocycles. The number of rotatable bonds is 9. The summed E-state index contributed by atoms with van der Waals surface area (Å²) in [7, 11) is -3.91. The topological polar surface area (TPSA) is 141 Å². The molecule has 0 fully saturated rings. The van der Waals surface area contributed by atoms with E-state index in [4.69, 9.17) is 0 Å². The Kier molecular flexibility index (Phi) is 6.77. The van der Waals surface area contributed by atoms with Gasteiger partial charge in [-0.15, -0.1) is 5.10 Å². The van der Waals surface area contributed by atoms with Crippen LogP contribution in [0.3, 0.4) is 0 Å². The molecule has 2 heterocycles. The Bertz CT molecular complexity index is 1240. The zero-order chi connectivity index (χ0) is 22.8. The number of aromatic amines is 1. The third-order valence-electron chi connectivity index (χ3n) is 4.90. The highest BCUT2D eigenvalue weighted by atomic mass is 32.2. The van der Waals surface area contributed by atoms with Gasteiger partial charge in [-0.1, -0.05) is 13.8 Å². The van der Waals surface area contributed by atoms with Gasteiger partial charge in [0.25, 0.3) is 5.56 Å². The number of aryl methyl sites for hydroxylation is 2. The lowest BCUT2D eigenvalue weighted by molar-refractivity contribution is 0.253. The first-order chi connectivity index (χ1) is 14.7. The van der Waals surface area contributed by atoms with E-state index in [0.717, 1.165) is 6.42 Å². The number of aliphatic hydroxyl groups excluding tert-OH is 1. The van der Waals surface area contributed by atoms with Crippen LogP contribution in [0.15, 0.2) is 27.9 Å².